The van der Waals surface area contributed by atoms with Crippen molar-refractivity contribution < 1.29 is 0 Å². The summed E-state index contributed by atoms with van der Waals surface area (Å²) in [6, 6.07) is 0.729. The van der Waals surface area contributed by atoms with Crippen LogP contribution in [0.4, 0.5) is 0 Å². The first-order valence-electron chi connectivity index (χ1n) is 7.34. The van der Waals surface area contributed by atoms with Gasteiger partial charge in [0, 0.05) is 38.8 Å². The van der Waals surface area contributed by atoms with E-state index in [0.717, 1.165) is 25.0 Å². The van der Waals surface area contributed by atoms with Gasteiger partial charge >= 0.3 is 0 Å². The van der Waals surface area contributed by atoms with Gasteiger partial charge in [0.25, 0.3) is 0 Å². The molecule has 0 aliphatic carbocycles. The third-order valence-electron chi connectivity index (χ3n) is 3.77. The number of piperazine rings is 1. The molecule has 0 saturated carbocycles. The summed E-state index contributed by atoms with van der Waals surface area (Å²) in [5, 5.41) is 3.60. The molecule has 1 aliphatic rings. The molecular weight excluding hydrogens is 210 g/mol. The molecule has 17 heavy (non-hydrogen) atoms. The van der Waals surface area contributed by atoms with Crippen LogP contribution >= 0.6 is 0 Å². The molecule has 102 valence electrons. The summed E-state index contributed by atoms with van der Waals surface area (Å²) in [6.45, 7) is 17.6. The van der Waals surface area contributed by atoms with Gasteiger partial charge in [0.1, 0.15) is 0 Å². The maximum absolute atomic E-state index is 3.60. The molecule has 1 rings (SSSR count). The zero-order chi connectivity index (χ0) is 12.7. The lowest BCUT2D eigenvalue weighted by Gasteiger charge is -2.39. The van der Waals surface area contributed by atoms with Gasteiger partial charge in [0.05, 0.1) is 0 Å². The van der Waals surface area contributed by atoms with Gasteiger partial charge in [-0.25, -0.2) is 0 Å². The van der Waals surface area contributed by atoms with Crippen molar-refractivity contribution in [3.8, 4) is 0 Å². The molecular formula is C14H31N3. The molecule has 1 N–H and O–H groups in total. The molecule has 0 aromatic rings. The Labute approximate surface area is 108 Å². The van der Waals surface area contributed by atoms with Gasteiger partial charge in [0.15, 0.2) is 0 Å². The standard InChI is InChI=1S/C14H31N3/c1-5-14(12-15-11-13(3)4)17-9-7-16(6-2)8-10-17/h13-15H,5-12H2,1-4H3. The van der Waals surface area contributed by atoms with Crippen LogP contribution in [0, 0.1) is 5.92 Å². The number of hydrogen-bond donors (Lipinski definition) is 1. The van der Waals surface area contributed by atoms with E-state index in [1.54, 1.807) is 0 Å². The van der Waals surface area contributed by atoms with Gasteiger partial charge in [-0.05, 0) is 25.4 Å². The SMILES string of the molecule is CCC(CNCC(C)C)N1CCN(CC)CC1. The van der Waals surface area contributed by atoms with Crippen LogP contribution in [0.5, 0.6) is 0 Å². The van der Waals surface area contributed by atoms with Gasteiger partial charge in [-0.2, -0.15) is 0 Å². The quantitative estimate of drug-likeness (QED) is 0.731. The molecule has 0 spiro atoms. The Morgan fingerprint density at radius 2 is 1.65 bits per heavy atom. The summed E-state index contributed by atoms with van der Waals surface area (Å²) < 4.78 is 0. The Kier molecular flexibility index (Phi) is 7.09. The molecule has 1 aliphatic heterocycles. The summed E-state index contributed by atoms with van der Waals surface area (Å²) in [5.41, 5.74) is 0. The van der Waals surface area contributed by atoms with Crippen molar-refractivity contribution in [2.24, 2.45) is 5.92 Å². The van der Waals surface area contributed by atoms with E-state index >= 15 is 0 Å². The van der Waals surface area contributed by atoms with E-state index in [1.807, 2.05) is 0 Å². The fraction of sp³-hybridized carbons (Fsp3) is 1.00. The van der Waals surface area contributed by atoms with Crippen LogP contribution in [0.25, 0.3) is 0 Å². The lowest BCUT2D eigenvalue weighted by atomic mass is 10.1. The van der Waals surface area contributed by atoms with Gasteiger partial charge in [0.2, 0.25) is 0 Å². The largest absolute Gasteiger partial charge is 0.315 e. The van der Waals surface area contributed by atoms with E-state index in [0.29, 0.717) is 0 Å². The highest BCUT2D eigenvalue weighted by molar-refractivity contribution is 4.79. The van der Waals surface area contributed by atoms with Crippen molar-refractivity contribution in [3.05, 3.63) is 0 Å². The van der Waals surface area contributed by atoms with Crippen LogP contribution in [0.2, 0.25) is 0 Å². The van der Waals surface area contributed by atoms with Gasteiger partial charge in [-0.1, -0.05) is 27.7 Å². The van der Waals surface area contributed by atoms with Crippen molar-refractivity contribution in [2.45, 2.75) is 40.2 Å². The van der Waals surface area contributed by atoms with Gasteiger partial charge in [-0.3, -0.25) is 4.90 Å². The van der Waals surface area contributed by atoms with E-state index in [1.165, 1.54) is 39.1 Å². The van der Waals surface area contributed by atoms with Gasteiger partial charge in [-0.15, -0.1) is 0 Å². The molecule has 0 aromatic carbocycles. The smallest absolute Gasteiger partial charge is 0.0219 e. The highest BCUT2D eigenvalue weighted by Gasteiger charge is 2.21. The van der Waals surface area contributed by atoms with E-state index in [4.69, 9.17) is 0 Å². The number of rotatable bonds is 7. The highest BCUT2D eigenvalue weighted by atomic mass is 15.3. The summed E-state index contributed by atoms with van der Waals surface area (Å²) in [7, 11) is 0. The van der Waals surface area contributed by atoms with E-state index < -0.39 is 0 Å². The predicted octanol–water partition coefficient (Wildman–Crippen LogP) is 1.65. The normalized spacial score (nSPS) is 21.0. The third kappa shape index (κ3) is 5.36. The highest BCUT2D eigenvalue weighted by Crippen LogP contribution is 2.08. The summed E-state index contributed by atoms with van der Waals surface area (Å²) >= 11 is 0. The summed E-state index contributed by atoms with van der Waals surface area (Å²) in [5.74, 6) is 0.754. The molecule has 1 atom stereocenters. The molecule has 1 saturated heterocycles. The first-order chi connectivity index (χ1) is 8.17. The summed E-state index contributed by atoms with van der Waals surface area (Å²) in [4.78, 5) is 5.21. The number of likely N-dealkylation sites (N-methyl/N-ethyl adjacent to an activating group) is 1. The second-order valence-electron chi connectivity index (χ2n) is 5.58. The molecule has 0 bridgehead atoms. The summed E-state index contributed by atoms with van der Waals surface area (Å²) in [6.07, 6.45) is 1.26. The Bertz CT molecular complexity index is 186. The minimum absolute atomic E-state index is 0.729. The zero-order valence-electron chi connectivity index (χ0n) is 12.2. The Morgan fingerprint density at radius 3 is 2.12 bits per heavy atom. The van der Waals surface area contributed by atoms with Crippen LogP contribution in [0.3, 0.4) is 0 Å². The molecule has 3 heteroatoms. The van der Waals surface area contributed by atoms with E-state index in [2.05, 4.69) is 42.8 Å². The third-order valence-corrected chi connectivity index (χ3v) is 3.77. The van der Waals surface area contributed by atoms with Gasteiger partial charge < -0.3 is 10.2 Å². The topological polar surface area (TPSA) is 18.5 Å². The van der Waals surface area contributed by atoms with Crippen LogP contribution in [-0.2, 0) is 0 Å². The number of nitrogens with one attached hydrogen (secondary N) is 1. The average molecular weight is 241 g/mol. The maximum atomic E-state index is 3.60. The Balaban J connectivity index is 2.25. The predicted molar refractivity (Wildman–Crippen MR) is 75.5 cm³/mol. The van der Waals surface area contributed by atoms with Crippen LogP contribution in [0.15, 0.2) is 0 Å². The minimum atomic E-state index is 0.729. The first kappa shape index (κ1) is 14.9. The lowest BCUT2D eigenvalue weighted by molar-refractivity contribution is 0.0962. The molecule has 1 heterocycles. The fourth-order valence-electron chi connectivity index (χ4n) is 2.51. The molecule has 0 radical (unpaired) electrons. The first-order valence-corrected chi connectivity index (χ1v) is 7.34. The average Bonchev–Trinajstić information content (AvgIpc) is 2.34. The number of nitrogens with zero attached hydrogens (tertiary/aromatic N) is 2. The van der Waals surface area contributed by atoms with Crippen molar-refractivity contribution >= 4 is 0 Å². The van der Waals surface area contributed by atoms with Crippen molar-refractivity contribution in [1.82, 2.24) is 15.1 Å². The second-order valence-corrected chi connectivity index (χ2v) is 5.58. The second kappa shape index (κ2) is 8.06. The molecule has 1 fully saturated rings. The minimum Gasteiger partial charge on any atom is -0.315 e. The fourth-order valence-corrected chi connectivity index (χ4v) is 2.51. The van der Waals surface area contributed by atoms with Crippen molar-refractivity contribution in [1.29, 1.82) is 0 Å². The molecule has 1 unspecified atom stereocenters. The zero-order valence-corrected chi connectivity index (χ0v) is 12.2. The number of hydrogen-bond acceptors (Lipinski definition) is 3. The molecule has 3 nitrogen and oxygen atoms in total. The monoisotopic (exact) mass is 241 g/mol. The Morgan fingerprint density at radius 1 is 1.00 bits per heavy atom. The molecule has 0 aromatic heterocycles. The van der Waals surface area contributed by atoms with Crippen LogP contribution in [-0.4, -0.2) is 61.7 Å². The maximum Gasteiger partial charge on any atom is 0.0219 e. The Hall–Kier alpha value is -0.120. The van der Waals surface area contributed by atoms with E-state index in [-0.39, 0.29) is 0 Å². The molecule has 0 amide bonds. The van der Waals surface area contributed by atoms with Crippen LogP contribution < -0.4 is 5.32 Å². The van der Waals surface area contributed by atoms with Crippen molar-refractivity contribution in [2.75, 3.05) is 45.8 Å². The van der Waals surface area contributed by atoms with E-state index in [9.17, 15) is 0 Å². The van der Waals surface area contributed by atoms with Crippen molar-refractivity contribution in [3.63, 3.8) is 0 Å². The lowest BCUT2D eigenvalue weighted by Crippen LogP contribution is -2.52. The van der Waals surface area contributed by atoms with Crippen LogP contribution in [0.1, 0.15) is 34.1 Å².